The molecule has 0 radical (unpaired) electrons. The fourth-order valence-corrected chi connectivity index (χ4v) is 2.69. The number of aromatic hydroxyl groups is 1. The molecule has 1 amide bonds. The molecule has 0 bridgehead atoms. The lowest BCUT2D eigenvalue weighted by atomic mass is 9.99. The summed E-state index contributed by atoms with van der Waals surface area (Å²) in [5.74, 6) is 0.831. The average molecular weight is 263 g/mol. The molecule has 1 aromatic carbocycles. The van der Waals surface area contributed by atoms with E-state index in [-0.39, 0.29) is 17.7 Å². The molecule has 4 nitrogen and oxygen atoms in total. The summed E-state index contributed by atoms with van der Waals surface area (Å²) >= 11 is 0. The van der Waals surface area contributed by atoms with Crippen molar-refractivity contribution in [2.24, 2.45) is 5.92 Å². The number of methoxy groups -OCH3 is 1. The summed E-state index contributed by atoms with van der Waals surface area (Å²) in [6, 6.07) is 4.87. The summed E-state index contributed by atoms with van der Waals surface area (Å²) in [5.41, 5.74) is 0.297. The standard InChI is InChI=1S/C15H21NO3/c1-10(11-5-3-4-6-11)16-15(18)13-8-7-12(19-2)9-14(13)17/h7-11,17H,3-6H2,1-2H3,(H,16,18). The van der Waals surface area contributed by atoms with E-state index in [2.05, 4.69) is 5.32 Å². The number of carbonyl (C=O) groups excluding carboxylic acids is 1. The van der Waals surface area contributed by atoms with E-state index < -0.39 is 0 Å². The average Bonchev–Trinajstić information content (AvgIpc) is 2.92. The number of amides is 1. The van der Waals surface area contributed by atoms with Crippen molar-refractivity contribution in [2.45, 2.75) is 38.6 Å². The van der Waals surface area contributed by atoms with Gasteiger partial charge >= 0.3 is 0 Å². The van der Waals surface area contributed by atoms with Gasteiger partial charge in [-0.3, -0.25) is 4.79 Å². The molecule has 1 saturated carbocycles. The molecule has 19 heavy (non-hydrogen) atoms. The lowest BCUT2D eigenvalue weighted by Crippen LogP contribution is -2.37. The van der Waals surface area contributed by atoms with Crippen LogP contribution in [0, 0.1) is 5.92 Å². The van der Waals surface area contributed by atoms with Crippen molar-refractivity contribution >= 4 is 5.91 Å². The number of hydrogen-bond acceptors (Lipinski definition) is 3. The first-order valence-corrected chi connectivity index (χ1v) is 6.79. The Morgan fingerprint density at radius 3 is 2.68 bits per heavy atom. The maximum absolute atomic E-state index is 12.1. The van der Waals surface area contributed by atoms with Crippen LogP contribution in [-0.4, -0.2) is 24.2 Å². The van der Waals surface area contributed by atoms with Crippen LogP contribution in [0.25, 0.3) is 0 Å². The van der Waals surface area contributed by atoms with E-state index in [0.717, 1.165) is 0 Å². The highest BCUT2D eigenvalue weighted by Crippen LogP contribution is 2.28. The zero-order chi connectivity index (χ0) is 13.8. The number of rotatable bonds is 4. The first-order chi connectivity index (χ1) is 9.11. The predicted molar refractivity (Wildman–Crippen MR) is 73.5 cm³/mol. The third-order valence-corrected chi connectivity index (χ3v) is 3.92. The van der Waals surface area contributed by atoms with E-state index in [9.17, 15) is 9.90 Å². The molecule has 104 valence electrons. The SMILES string of the molecule is COc1ccc(C(=O)NC(C)C2CCCC2)c(O)c1. The molecule has 2 rings (SSSR count). The normalized spacial score (nSPS) is 17.2. The molecular weight excluding hydrogens is 242 g/mol. The molecule has 1 aromatic rings. The smallest absolute Gasteiger partial charge is 0.255 e. The van der Waals surface area contributed by atoms with Gasteiger partial charge in [0.1, 0.15) is 11.5 Å². The molecule has 0 spiro atoms. The summed E-state index contributed by atoms with van der Waals surface area (Å²) in [6.45, 7) is 2.04. The van der Waals surface area contributed by atoms with E-state index >= 15 is 0 Å². The van der Waals surface area contributed by atoms with Gasteiger partial charge in [-0.05, 0) is 37.8 Å². The van der Waals surface area contributed by atoms with Gasteiger partial charge in [-0.25, -0.2) is 0 Å². The molecule has 0 saturated heterocycles. The van der Waals surface area contributed by atoms with Gasteiger partial charge in [-0.15, -0.1) is 0 Å². The van der Waals surface area contributed by atoms with Crippen LogP contribution in [0.3, 0.4) is 0 Å². The molecule has 1 aliphatic carbocycles. The highest BCUT2D eigenvalue weighted by molar-refractivity contribution is 5.97. The van der Waals surface area contributed by atoms with Crippen LogP contribution < -0.4 is 10.1 Å². The fraction of sp³-hybridized carbons (Fsp3) is 0.533. The van der Waals surface area contributed by atoms with Gasteiger partial charge in [0.15, 0.2) is 0 Å². The van der Waals surface area contributed by atoms with Crippen LogP contribution in [-0.2, 0) is 0 Å². The van der Waals surface area contributed by atoms with Gasteiger partial charge in [-0.1, -0.05) is 12.8 Å². The monoisotopic (exact) mass is 263 g/mol. The van der Waals surface area contributed by atoms with Gasteiger partial charge in [0.25, 0.3) is 5.91 Å². The lowest BCUT2D eigenvalue weighted by Gasteiger charge is -2.20. The zero-order valence-electron chi connectivity index (χ0n) is 11.5. The molecular formula is C15H21NO3. The Balaban J connectivity index is 2.02. The van der Waals surface area contributed by atoms with Crippen LogP contribution in [0.15, 0.2) is 18.2 Å². The second-order valence-electron chi connectivity index (χ2n) is 5.19. The van der Waals surface area contributed by atoms with E-state index in [0.29, 0.717) is 17.2 Å². The van der Waals surface area contributed by atoms with Crippen LogP contribution in [0.4, 0.5) is 0 Å². The summed E-state index contributed by atoms with van der Waals surface area (Å²) < 4.78 is 5.00. The predicted octanol–water partition coefficient (Wildman–Crippen LogP) is 2.71. The van der Waals surface area contributed by atoms with Gasteiger partial charge < -0.3 is 15.2 Å². The number of phenolic OH excluding ortho intramolecular Hbond substituents is 1. The molecule has 4 heteroatoms. The summed E-state index contributed by atoms with van der Waals surface area (Å²) in [7, 11) is 1.52. The molecule has 1 fully saturated rings. The van der Waals surface area contributed by atoms with Gasteiger partial charge in [0.2, 0.25) is 0 Å². The Hall–Kier alpha value is -1.71. The zero-order valence-corrected chi connectivity index (χ0v) is 11.5. The Labute approximate surface area is 113 Å². The van der Waals surface area contributed by atoms with Crippen molar-refractivity contribution in [3.63, 3.8) is 0 Å². The molecule has 1 aliphatic rings. The molecule has 1 atom stereocenters. The van der Waals surface area contributed by atoms with Crippen molar-refractivity contribution in [3.05, 3.63) is 23.8 Å². The minimum Gasteiger partial charge on any atom is -0.507 e. The lowest BCUT2D eigenvalue weighted by molar-refractivity contribution is 0.0924. The van der Waals surface area contributed by atoms with Crippen molar-refractivity contribution in [3.8, 4) is 11.5 Å². The second-order valence-corrected chi connectivity index (χ2v) is 5.19. The maximum atomic E-state index is 12.1. The number of nitrogens with one attached hydrogen (secondary N) is 1. The molecule has 1 unspecified atom stereocenters. The van der Waals surface area contributed by atoms with Gasteiger partial charge in [0.05, 0.1) is 12.7 Å². The van der Waals surface area contributed by atoms with Crippen LogP contribution in [0.2, 0.25) is 0 Å². The van der Waals surface area contributed by atoms with E-state index in [1.54, 1.807) is 12.1 Å². The Morgan fingerprint density at radius 1 is 1.42 bits per heavy atom. The molecule has 0 aromatic heterocycles. The Morgan fingerprint density at radius 2 is 2.11 bits per heavy atom. The van der Waals surface area contributed by atoms with Crippen molar-refractivity contribution in [2.75, 3.05) is 7.11 Å². The van der Waals surface area contributed by atoms with Gasteiger partial charge in [-0.2, -0.15) is 0 Å². The molecule has 2 N–H and O–H groups in total. The number of ether oxygens (including phenoxy) is 1. The fourth-order valence-electron chi connectivity index (χ4n) is 2.69. The summed E-state index contributed by atoms with van der Waals surface area (Å²) in [4.78, 5) is 12.1. The highest BCUT2D eigenvalue weighted by atomic mass is 16.5. The minimum absolute atomic E-state index is 0.0459. The summed E-state index contributed by atoms with van der Waals surface area (Å²) in [5, 5.41) is 12.8. The third-order valence-electron chi connectivity index (χ3n) is 3.92. The largest absolute Gasteiger partial charge is 0.507 e. The first-order valence-electron chi connectivity index (χ1n) is 6.79. The van der Waals surface area contributed by atoms with Crippen molar-refractivity contribution in [1.82, 2.24) is 5.32 Å². The molecule has 0 heterocycles. The van der Waals surface area contributed by atoms with Gasteiger partial charge in [0, 0.05) is 12.1 Å². The molecule has 0 aliphatic heterocycles. The van der Waals surface area contributed by atoms with E-state index in [1.165, 1.54) is 38.9 Å². The Kier molecular flexibility index (Phi) is 4.30. The topological polar surface area (TPSA) is 58.6 Å². The Bertz CT molecular complexity index is 453. The maximum Gasteiger partial charge on any atom is 0.255 e. The highest BCUT2D eigenvalue weighted by Gasteiger charge is 2.23. The van der Waals surface area contributed by atoms with Crippen LogP contribution in [0.5, 0.6) is 11.5 Å². The van der Waals surface area contributed by atoms with E-state index in [1.807, 2.05) is 6.92 Å². The van der Waals surface area contributed by atoms with E-state index in [4.69, 9.17) is 4.74 Å². The quantitative estimate of drug-likeness (QED) is 0.878. The number of phenols is 1. The number of benzene rings is 1. The third kappa shape index (κ3) is 3.19. The van der Waals surface area contributed by atoms with Crippen LogP contribution >= 0.6 is 0 Å². The minimum atomic E-state index is -0.223. The number of carbonyl (C=O) groups is 1. The number of hydrogen-bond donors (Lipinski definition) is 2. The second kappa shape index (κ2) is 5.95. The first kappa shape index (κ1) is 13.7. The van der Waals surface area contributed by atoms with Crippen LogP contribution in [0.1, 0.15) is 43.0 Å². The summed E-state index contributed by atoms with van der Waals surface area (Å²) in [6.07, 6.45) is 4.85. The van der Waals surface area contributed by atoms with Crippen molar-refractivity contribution in [1.29, 1.82) is 0 Å². The van der Waals surface area contributed by atoms with Crippen molar-refractivity contribution < 1.29 is 14.6 Å².